The second-order valence-electron chi connectivity index (χ2n) is 6.16. The first-order chi connectivity index (χ1) is 13.1. The summed E-state index contributed by atoms with van der Waals surface area (Å²) < 4.78 is 15.4. The van der Waals surface area contributed by atoms with Gasteiger partial charge in [-0.3, -0.25) is 4.79 Å². The minimum atomic E-state index is -2.22. The molecule has 2 aliphatic heterocycles. The van der Waals surface area contributed by atoms with Crippen molar-refractivity contribution in [3.05, 3.63) is 0 Å². The van der Waals surface area contributed by atoms with Crippen molar-refractivity contribution in [2.75, 3.05) is 26.4 Å². The highest BCUT2D eigenvalue weighted by Gasteiger charge is 2.58. The third-order valence-electron chi connectivity index (χ3n) is 4.24. The van der Waals surface area contributed by atoms with E-state index in [0.29, 0.717) is 0 Å². The minimum absolute atomic E-state index is 0.278. The molecule has 2 saturated heterocycles. The van der Waals surface area contributed by atoms with E-state index in [1.807, 2.05) is 0 Å². The monoisotopic (exact) mass is 417 g/mol. The molecule has 11 N–H and O–H groups in total. The van der Waals surface area contributed by atoms with Crippen molar-refractivity contribution >= 4 is 5.97 Å². The molecule has 166 valence electrons. The van der Waals surface area contributed by atoms with Gasteiger partial charge in [0.05, 0.1) is 19.8 Å². The Morgan fingerprint density at radius 3 is 1.86 bits per heavy atom. The van der Waals surface area contributed by atoms with Crippen molar-refractivity contribution in [3.8, 4) is 0 Å². The Balaban J connectivity index is 0.000000696. The first kappa shape index (κ1) is 25.0. The van der Waals surface area contributed by atoms with Crippen LogP contribution in [0.1, 0.15) is 0 Å². The molecule has 9 atom stereocenters. The van der Waals surface area contributed by atoms with E-state index in [2.05, 4.69) is 5.73 Å². The number of aliphatic carboxylic acids is 1. The highest BCUT2D eigenvalue weighted by atomic mass is 16.8. The van der Waals surface area contributed by atoms with Crippen molar-refractivity contribution in [2.24, 2.45) is 5.73 Å². The molecule has 0 aliphatic carbocycles. The maximum Gasteiger partial charge on any atom is 0.317 e. The number of carbonyl (C=O) groups is 1. The lowest BCUT2D eigenvalue weighted by Gasteiger charge is -2.43. The molecule has 2 fully saturated rings. The Bertz CT molecular complexity index is 494. The number of aliphatic hydroxyl groups excluding tert-OH is 8. The fraction of sp³-hybridized carbons (Fsp3) is 0.929. The third-order valence-corrected chi connectivity index (χ3v) is 4.24. The summed E-state index contributed by atoms with van der Waals surface area (Å²) in [6.45, 7) is -2.60. The van der Waals surface area contributed by atoms with Gasteiger partial charge in [0, 0.05) is 0 Å². The molecule has 2 aliphatic rings. The average molecular weight is 417 g/mol. The van der Waals surface area contributed by atoms with Crippen LogP contribution >= 0.6 is 0 Å². The summed E-state index contributed by atoms with van der Waals surface area (Å²) in [5.41, 5.74) is 4.57. The fourth-order valence-electron chi connectivity index (χ4n) is 2.63. The van der Waals surface area contributed by atoms with E-state index in [0.717, 1.165) is 0 Å². The molecule has 1 unspecified atom stereocenters. The van der Waals surface area contributed by atoms with Crippen LogP contribution in [0.25, 0.3) is 0 Å². The summed E-state index contributed by atoms with van der Waals surface area (Å²) >= 11 is 0. The predicted molar refractivity (Wildman–Crippen MR) is 85.3 cm³/mol. The van der Waals surface area contributed by atoms with E-state index < -0.39 is 80.6 Å². The highest BCUT2D eigenvalue weighted by molar-refractivity contribution is 5.68. The third kappa shape index (κ3) is 5.32. The summed E-state index contributed by atoms with van der Waals surface area (Å²) in [4.78, 5) is 9.24. The number of carboxylic acids is 1. The van der Waals surface area contributed by atoms with Crippen molar-refractivity contribution in [2.45, 2.75) is 54.8 Å². The Labute approximate surface area is 158 Å². The van der Waals surface area contributed by atoms with Gasteiger partial charge in [-0.2, -0.15) is 0 Å². The second kappa shape index (κ2) is 10.7. The number of hydrogen-bond acceptors (Lipinski definition) is 13. The molecule has 0 spiro atoms. The Hall–Kier alpha value is -1.01. The van der Waals surface area contributed by atoms with Crippen LogP contribution in [0.2, 0.25) is 0 Å². The van der Waals surface area contributed by atoms with Gasteiger partial charge in [-0.1, -0.05) is 0 Å². The number of aliphatic hydroxyl groups is 8. The van der Waals surface area contributed by atoms with Gasteiger partial charge < -0.3 is 65.9 Å². The lowest BCUT2D eigenvalue weighted by atomic mass is 9.99. The van der Waals surface area contributed by atoms with Crippen LogP contribution in [0.15, 0.2) is 0 Å². The largest absolute Gasteiger partial charge is 0.480 e. The van der Waals surface area contributed by atoms with Crippen LogP contribution in [0.5, 0.6) is 0 Å². The Morgan fingerprint density at radius 1 is 0.929 bits per heavy atom. The van der Waals surface area contributed by atoms with Gasteiger partial charge >= 0.3 is 5.97 Å². The summed E-state index contributed by atoms with van der Waals surface area (Å²) in [5, 5.41) is 84.3. The molecular weight excluding hydrogens is 390 g/mol. The molecule has 0 bridgehead atoms. The van der Waals surface area contributed by atoms with Crippen molar-refractivity contribution in [1.29, 1.82) is 0 Å². The first-order valence-corrected chi connectivity index (χ1v) is 8.24. The molecule has 0 saturated carbocycles. The average Bonchev–Trinajstić information content (AvgIpc) is 2.93. The zero-order valence-corrected chi connectivity index (χ0v) is 14.7. The molecule has 0 radical (unpaired) electrons. The molecule has 28 heavy (non-hydrogen) atoms. The zero-order valence-electron chi connectivity index (χ0n) is 14.7. The van der Waals surface area contributed by atoms with Crippen molar-refractivity contribution in [3.63, 3.8) is 0 Å². The van der Waals surface area contributed by atoms with Gasteiger partial charge in [0.2, 0.25) is 5.79 Å². The van der Waals surface area contributed by atoms with E-state index in [1.54, 1.807) is 0 Å². The van der Waals surface area contributed by atoms with Crippen LogP contribution in [0, 0.1) is 0 Å². The van der Waals surface area contributed by atoms with Crippen LogP contribution in [-0.4, -0.2) is 133 Å². The van der Waals surface area contributed by atoms with E-state index in [4.69, 9.17) is 29.5 Å². The molecule has 0 aromatic heterocycles. The van der Waals surface area contributed by atoms with E-state index in [-0.39, 0.29) is 6.54 Å². The second-order valence-corrected chi connectivity index (χ2v) is 6.16. The highest BCUT2D eigenvalue weighted by Crippen LogP contribution is 2.35. The zero-order chi connectivity index (χ0) is 21.6. The van der Waals surface area contributed by atoms with Gasteiger partial charge in [0.1, 0.15) is 49.3 Å². The van der Waals surface area contributed by atoms with Crippen molar-refractivity contribution in [1.82, 2.24) is 0 Å². The maximum absolute atomic E-state index is 10.00. The van der Waals surface area contributed by atoms with Gasteiger partial charge in [-0.25, -0.2) is 0 Å². The number of ether oxygens (including phenoxy) is 3. The van der Waals surface area contributed by atoms with Crippen LogP contribution in [-0.2, 0) is 19.0 Å². The molecule has 0 aromatic carbocycles. The smallest absolute Gasteiger partial charge is 0.317 e. The standard InChI is InChI=1S/C12H22O11.C2H5NO2/c13-1-4-6(16)8(18)9(19)11(21-4)23-12(3-15)10(20)7(17)5(2-14)22-12;3-1-2(4)5/h4-11,13-20H,1-3H2;1,3H2,(H,4,5)/t4-,5-,6-,7-,8+,9-,10+,11-,12?;/m1./s1. The summed E-state index contributed by atoms with van der Waals surface area (Å²) in [6, 6.07) is 0. The number of nitrogens with two attached hydrogens (primary N) is 1. The lowest BCUT2D eigenvalue weighted by Crippen LogP contribution is -2.62. The van der Waals surface area contributed by atoms with E-state index in [1.165, 1.54) is 0 Å². The minimum Gasteiger partial charge on any atom is -0.480 e. The molecular formula is C14H27NO13. The maximum atomic E-state index is 10.00. The number of rotatable bonds is 6. The van der Waals surface area contributed by atoms with Crippen LogP contribution in [0.4, 0.5) is 0 Å². The molecule has 2 rings (SSSR count). The van der Waals surface area contributed by atoms with Gasteiger partial charge in [0.15, 0.2) is 6.29 Å². The normalized spacial score (nSPS) is 43.3. The summed E-state index contributed by atoms with van der Waals surface area (Å²) in [5.74, 6) is -3.19. The first-order valence-electron chi connectivity index (χ1n) is 8.24. The lowest BCUT2D eigenvalue weighted by molar-refractivity contribution is -0.383. The molecule has 14 heteroatoms. The predicted octanol–water partition coefficient (Wildman–Crippen LogP) is -6.37. The SMILES string of the molecule is NCC(=O)O.OC[C@H]1OC(CO)(O[C@H]2O[C@H](CO)[C@@H](O)[C@H](O)[C@H]2O)[C@@H](O)[C@@H]1O. The molecule has 14 nitrogen and oxygen atoms in total. The number of hydrogen-bond donors (Lipinski definition) is 10. The summed E-state index contributed by atoms with van der Waals surface area (Å²) in [7, 11) is 0. The van der Waals surface area contributed by atoms with Crippen LogP contribution < -0.4 is 5.73 Å². The van der Waals surface area contributed by atoms with Crippen LogP contribution in [0.3, 0.4) is 0 Å². The molecule has 2 heterocycles. The number of carboxylic acid groups (broad SMARTS) is 1. The van der Waals surface area contributed by atoms with Gasteiger partial charge in [-0.15, -0.1) is 0 Å². The Morgan fingerprint density at radius 2 is 1.46 bits per heavy atom. The summed E-state index contributed by atoms with van der Waals surface area (Å²) in [6.07, 6.45) is -12.7. The topological polar surface area (TPSA) is 253 Å². The molecule has 0 aromatic rings. The quantitative estimate of drug-likeness (QED) is 0.193. The van der Waals surface area contributed by atoms with Gasteiger partial charge in [0.25, 0.3) is 0 Å². The van der Waals surface area contributed by atoms with E-state index in [9.17, 15) is 35.4 Å². The molecule has 0 amide bonds. The van der Waals surface area contributed by atoms with Gasteiger partial charge in [-0.05, 0) is 0 Å². The van der Waals surface area contributed by atoms with E-state index >= 15 is 0 Å². The van der Waals surface area contributed by atoms with Crippen molar-refractivity contribution < 1.29 is 65.0 Å². The Kier molecular flexibility index (Phi) is 9.54. The fourth-order valence-corrected chi connectivity index (χ4v) is 2.63.